The predicted octanol–water partition coefficient (Wildman–Crippen LogP) is 1.95. The van der Waals surface area contributed by atoms with Crippen LogP contribution in [-0.4, -0.2) is 25.3 Å². The number of nitrogens with two attached hydrogens (primary N) is 1. The van der Waals surface area contributed by atoms with E-state index in [0.29, 0.717) is 21.7 Å². The maximum Gasteiger partial charge on any atom is 0.243 e. The second-order valence-electron chi connectivity index (χ2n) is 5.18. The lowest BCUT2D eigenvalue weighted by Gasteiger charge is -2.23. The lowest BCUT2D eigenvalue weighted by molar-refractivity contribution is 0.410. The molecule has 0 heterocycles. The van der Waals surface area contributed by atoms with Crippen molar-refractivity contribution in [3.63, 3.8) is 0 Å². The Labute approximate surface area is 120 Å². The molecule has 0 unspecified atom stereocenters. The highest BCUT2D eigenvalue weighted by Gasteiger charge is 2.39. The third kappa shape index (κ3) is 2.65. The molecule has 2 rings (SSSR count). The molecule has 0 spiro atoms. The fourth-order valence-electron chi connectivity index (χ4n) is 2.38. The standard InChI is InChI=1S/C14H19N3O2S/c1-10-4-7-13(16)11(2)14(10)20(18,19)17(9-3-8-15)12-5-6-12/h4,7,12H,3,5-6,9,16H2,1-2H3. The maximum absolute atomic E-state index is 12.9. The minimum absolute atomic E-state index is 0.0357. The Morgan fingerprint density at radius 1 is 1.40 bits per heavy atom. The van der Waals surface area contributed by atoms with Gasteiger partial charge in [0.15, 0.2) is 0 Å². The number of sulfonamides is 1. The summed E-state index contributed by atoms with van der Waals surface area (Å²) in [7, 11) is -3.59. The Kier molecular flexibility index (Phi) is 4.02. The molecule has 1 aliphatic carbocycles. The number of aryl methyl sites for hydroxylation is 1. The molecule has 1 saturated carbocycles. The average molecular weight is 293 g/mol. The lowest BCUT2D eigenvalue weighted by atomic mass is 10.1. The first-order valence-electron chi connectivity index (χ1n) is 6.64. The molecular weight excluding hydrogens is 274 g/mol. The minimum Gasteiger partial charge on any atom is -0.398 e. The van der Waals surface area contributed by atoms with Crippen molar-refractivity contribution in [3.05, 3.63) is 23.3 Å². The van der Waals surface area contributed by atoms with E-state index in [1.807, 2.05) is 6.07 Å². The van der Waals surface area contributed by atoms with Gasteiger partial charge >= 0.3 is 0 Å². The van der Waals surface area contributed by atoms with E-state index in [-0.39, 0.29) is 19.0 Å². The van der Waals surface area contributed by atoms with Crippen LogP contribution in [0.4, 0.5) is 5.69 Å². The highest BCUT2D eigenvalue weighted by Crippen LogP contribution is 2.35. The van der Waals surface area contributed by atoms with E-state index < -0.39 is 10.0 Å². The van der Waals surface area contributed by atoms with Gasteiger partial charge in [-0.15, -0.1) is 0 Å². The fraction of sp³-hybridized carbons (Fsp3) is 0.500. The summed E-state index contributed by atoms with van der Waals surface area (Å²) in [4.78, 5) is 0.294. The Hall–Kier alpha value is -1.58. The van der Waals surface area contributed by atoms with Crippen molar-refractivity contribution in [2.75, 3.05) is 12.3 Å². The topological polar surface area (TPSA) is 87.2 Å². The number of nitrogens with zero attached hydrogens (tertiary/aromatic N) is 2. The number of hydrogen-bond acceptors (Lipinski definition) is 4. The Balaban J connectivity index is 2.48. The molecule has 1 aliphatic rings. The SMILES string of the molecule is Cc1ccc(N)c(C)c1S(=O)(=O)N(CCC#N)C1CC1. The van der Waals surface area contributed by atoms with E-state index >= 15 is 0 Å². The lowest BCUT2D eigenvalue weighted by Crippen LogP contribution is -2.35. The van der Waals surface area contributed by atoms with Crippen molar-refractivity contribution < 1.29 is 8.42 Å². The molecule has 5 nitrogen and oxygen atoms in total. The van der Waals surface area contributed by atoms with Gasteiger partial charge in [-0.1, -0.05) is 6.07 Å². The van der Waals surface area contributed by atoms with E-state index in [4.69, 9.17) is 11.0 Å². The van der Waals surface area contributed by atoms with Crippen molar-refractivity contribution in [2.45, 2.75) is 44.0 Å². The zero-order chi connectivity index (χ0) is 14.9. The summed E-state index contributed by atoms with van der Waals surface area (Å²) >= 11 is 0. The first kappa shape index (κ1) is 14.8. The molecule has 108 valence electrons. The molecule has 6 heteroatoms. The molecule has 1 fully saturated rings. The summed E-state index contributed by atoms with van der Waals surface area (Å²) in [6, 6.07) is 5.50. The molecule has 0 saturated heterocycles. The van der Waals surface area contributed by atoms with Crippen LogP contribution in [0.2, 0.25) is 0 Å². The molecule has 0 radical (unpaired) electrons. The molecule has 0 aliphatic heterocycles. The minimum atomic E-state index is -3.59. The summed E-state index contributed by atoms with van der Waals surface area (Å²) < 4.78 is 27.2. The van der Waals surface area contributed by atoms with E-state index in [1.54, 1.807) is 26.0 Å². The highest BCUT2D eigenvalue weighted by molar-refractivity contribution is 7.89. The molecule has 0 bridgehead atoms. The van der Waals surface area contributed by atoms with Gasteiger partial charge < -0.3 is 5.73 Å². The molecule has 1 aromatic rings. The second-order valence-corrected chi connectivity index (χ2v) is 7.01. The van der Waals surface area contributed by atoms with Gasteiger partial charge in [-0.3, -0.25) is 0 Å². The molecular formula is C14H19N3O2S. The van der Waals surface area contributed by atoms with Crippen molar-refractivity contribution in [1.29, 1.82) is 5.26 Å². The van der Waals surface area contributed by atoms with Gasteiger partial charge in [0.2, 0.25) is 10.0 Å². The maximum atomic E-state index is 12.9. The number of benzene rings is 1. The van der Waals surface area contributed by atoms with Crippen LogP contribution in [0.1, 0.15) is 30.4 Å². The van der Waals surface area contributed by atoms with Gasteiger partial charge in [0, 0.05) is 24.7 Å². The fourth-order valence-corrected chi connectivity index (χ4v) is 4.53. The quantitative estimate of drug-likeness (QED) is 0.841. The smallest absolute Gasteiger partial charge is 0.243 e. The Bertz CT molecular complexity index is 658. The molecule has 0 aromatic heterocycles. The molecule has 0 atom stereocenters. The van der Waals surface area contributed by atoms with Gasteiger partial charge in [0.25, 0.3) is 0 Å². The monoisotopic (exact) mass is 293 g/mol. The van der Waals surface area contributed by atoms with Crippen LogP contribution in [0.5, 0.6) is 0 Å². The third-order valence-corrected chi connectivity index (χ3v) is 5.85. The summed E-state index contributed by atoms with van der Waals surface area (Å²) in [6.45, 7) is 3.75. The third-order valence-electron chi connectivity index (χ3n) is 3.61. The van der Waals surface area contributed by atoms with Crippen LogP contribution in [0.15, 0.2) is 17.0 Å². The zero-order valence-corrected chi connectivity index (χ0v) is 12.6. The second kappa shape index (κ2) is 5.43. The average Bonchev–Trinajstić information content (AvgIpc) is 3.19. The molecule has 0 amide bonds. The number of rotatable bonds is 5. The van der Waals surface area contributed by atoms with Gasteiger partial charge in [0.1, 0.15) is 0 Å². The Morgan fingerprint density at radius 2 is 2.05 bits per heavy atom. The van der Waals surface area contributed by atoms with Gasteiger partial charge in [-0.05, 0) is 43.9 Å². The molecule has 2 N–H and O–H groups in total. The van der Waals surface area contributed by atoms with Crippen LogP contribution in [-0.2, 0) is 10.0 Å². The number of nitriles is 1. The van der Waals surface area contributed by atoms with Crippen LogP contribution in [0.3, 0.4) is 0 Å². The van der Waals surface area contributed by atoms with E-state index in [0.717, 1.165) is 12.8 Å². The van der Waals surface area contributed by atoms with Gasteiger partial charge in [-0.25, -0.2) is 8.42 Å². The predicted molar refractivity (Wildman–Crippen MR) is 77.5 cm³/mol. The van der Waals surface area contributed by atoms with Crippen molar-refractivity contribution in [2.24, 2.45) is 0 Å². The van der Waals surface area contributed by atoms with Crippen LogP contribution in [0, 0.1) is 25.2 Å². The van der Waals surface area contributed by atoms with Crippen LogP contribution < -0.4 is 5.73 Å². The van der Waals surface area contributed by atoms with Crippen molar-refractivity contribution >= 4 is 15.7 Å². The number of anilines is 1. The van der Waals surface area contributed by atoms with E-state index in [2.05, 4.69) is 0 Å². The van der Waals surface area contributed by atoms with E-state index in [1.165, 1.54) is 4.31 Å². The first-order chi connectivity index (χ1) is 9.39. The molecule has 20 heavy (non-hydrogen) atoms. The largest absolute Gasteiger partial charge is 0.398 e. The van der Waals surface area contributed by atoms with Gasteiger partial charge in [0.05, 0.1) is 11.0 Å². The highest BCUT2D eigenvalue weighted by atomic mass is 32.2. The zero-order valence-electron chi connectivity index (χ0n) is 11.8. The van der Waals surface area contributed by atoms with Crippen LogP contribution in [0.25, 0.3) is 0 Å². The normalized spacial score (nSPS) is 15.3. The number of hydrogen-bond donors (Lipinski definition) is 1. The summed E-state index contributed by atoms with van der Waals surface area (Å²) in [5, 5.41) is 8.72. The molecule has 1 aromatic carbocycles. The number of nitrogen functional groups attached to an aromatic ring is 1. The Morgan fingerprint density at radius 3 is 2.60 bits per heavy atom. The summed E-state index contributed by atoms with van der Waals surface area (Å²) in [5.74, 6) is 0. The van der Waals surface area contributed by atoms with Gasteiger partial charge in [-0.2, -0.15) is 9.57 Å². The van der Waals surface area contributed by atoms with Crippen molar-refractivity contribution in [3.8, 4) is 6.07 Å². The summed E-state index contributed by atoms with van der Waals surface area (Å²) in [5.41, 5.74) is 7.60. The van der Waals surface area contributed by atoms with E-state index in [9.17, 15) is 8.42 Å². The first-order valence-corrected chi connectivity index (χ1v) is 8.08. The van der Waals surface area contributed by atoms with Crippen molar-refractivity contribution in [1.82, 2.24) is 4.31 Å². The summed E-state index contributed by atoms with van der Waals surface area (Å²) in [6.07, 6.45) is 1.94. The van der Waals surface area contributed by atoms with Crippen LogP contribution >= 0.6 is 0 Å².